The maximum Gasteiger partial charge on any atom is 0 e. The average Bonchev–Trinajstić information content (AvgIpc) is 0. The van der Waals surface area contributed by atoms with E-state index in [-0.39, 0.29) is 123 Å². The molecule has 6 heavy (non-hydrogen) atoms. The van der Waals surface area contributed by atoms with Crippen LogP contribution in [0.1, 0.15) is 1.43 Å². The van der Waals surface area contributed by atoms with Crippen LogP contribution in [0.2, 0.25) is 0 Å². The largest absolute Gasteiger partial charge is 1.00 e. The van der Waals surface area contributed by atoms with E-state index >= 15 is 0 Å². The molecule has 0 heterocycles. The second-order valence-electron chi connectivity index (χ2n) is 0. The Labute approximate surface area is 120 Å². The summed E-state index contributed by atoms with van der Waals surface area (Å²) in [6.45, 7) is 0. The summed E-state index contributed by atoms with van der Waals surface area (Å²) in [4.78, 5) is 0. The number of rotatable bonds is 0. The first-order chi connectivity index (χ1) is 0. The molecule has 0 aliphatic carbocycles. The fraction of sp³-hybridized carbons (Fsp3) is 0. The van der Waals surface area contributed by atoms with Gasteiger partial charge in [-0.25, -0.2) is 0 Å². The van der Waals surface area contributed by atoms with Gasteiger partial charge in [0.2, 0.25) is 0 Å². The first kappa shape index (κ1) is 56.6. The number of hydrogen-bond acceptors (Lipinski definition) is 0. The second-order valence-corrected chi connectivity index (χ2v) is 0. The van der Waals surface area contributed by atoms with Crippen molar-refractivity contribution in [1.82, 2.24) is 0 Å². The molecule has 0 saturated carbocycles. The Hall–Kier alpha value is 3.46. The molecule has 0 fully saturated rings. The molecular weight excluding hydrogens is 287 g/mol. The SMILES string of the molecule is [Cl-].[Cl-].[Cl-].[Cl-].[HH].[K].[Pd]. The van der Waals surface area contributed by atoms with Crippen molar-refractivity contribution >= 4 is 51.4 Å². The molecule has 0 atom stereocenters. The maximum absolute atomic E-state index is 0. The summed E-state index contributed by atoms with van der Waals surface area (Å²) < 4.78 is 0. The first-order valence-electron chi connectivity index (χ1n) is 0. The van der Waals surface area contributed by atoms with Crippen molar-refractivity contribution in [3.05, 3.63) is 0 Å². The molecule has 0 aliphatic heterocycles. The molecule has 0 aromatic rings. The van der Waals surface area contributed by atoms with Gasteiger partial charge in [-0.2, -0.15) is 0 Å². The minimum absolute atomic E-state index is 0. The van der Waals surface area contributed by atoms with Crippen LogP contribution in [0.3, 0.4) is 0 Å². The molecule has 0 amide bonds. The molecule has 0 aromatic heterocycles. The van der Waals surface area contributed by atoms with Crippen LogP contribution in [0.15, 0.2) is 0 Å². The topological polar surface area (TPSA) is 0 Å². The van der Waals surface area contributed by atoms with Crippen LogP contribution >= 0.6 is 0 Å². The zero-order chi connectivity index (χ0) is 0. The van der Waals surface area contributed by atoms with Crippen LogP contribution in [-0.2, 0) is 20.4 Å². The molecule has 0 rings (SSSR count). The average molecular weight is 289 g/mol. The fourth-order valence-corrected chi connectivity index (χ4v) is 0. The Balaban J connectivity index is 0. The third kappa shape index (κ3) is 26.0. The van der Waals surface area contributed by atoms with Crippen molar-refractivity contribution in [2.75, 3.05) is 0 Å². The van der Waals surface area contributed by atoms with Crippen molar-refractivity contribution in [2.45, 2.75) is 0 Å². The molecule has 45 valence electrons. The van der Waals surface area contributed by atoms with Gasteiger partial charge in [-0.05, 0) is 0 Å². The van der Waals surface area contributed by atoms with Gasteiger partial charge in [0.1, 0.15) is 0 Å². The van der Waals surface area contributed by atoms with Crippen LogP contribution in [-0.4, -0.2) is 51.4 Å². The molecular formula is H2Cl4KPd-4. The molecule has 0 aromatic carbocycles. The van der Waals surface area contributed by atoms with Crippen LogP contribution in [0.25, 0.3) is 0 Å². The van der Waals surface area contributed by atoms with Gasteiger partial charge in [-0.15, -0.1) is 0 Å². The summed E-state index contributed by atoms with van der Waals surface area (Å²) in [6.07, 6.45) is 0. The molecule has 0 bridgehead atoms. The summed E-state index contributed by atoms with van der Waals surface area (Å²) in [5.74, 6) is 0. The molecule has 0 saturated heterocycles. The van der Waals surface area contributed by atoms with Crippen LogP contribution in [0.5, 0.6) is 0 Å². The predicted octanol–water partition coefficient (Wildman–Crippen LogP) is -12.1. The Kier molecular flexibility index (Phi) is 371. The normalized spacial score (nSPS) is 0. The predicted molar refractivity (Wildman–Crippen MR) is 7.87 cm³/mol. The zero-order valence-electron chi connectivity index (χ0n) is 2.83. The number of hydrogen-bond donors (Lipinski definition) is 0. The minimum Gasteiger partial charge on any atom is -1.00 e. The third-order valence-electron chi connectivity index (χ3n) is 0. The molecule has 0 spiro atoms. The van der Waals surface area contributed by atoms with E-state index in [0.717, 1.165) is 0 Å². The van der Waals surface area contributed by atoms with Crippen LogP contribution < -0.4 is 49.6 Å². The quantitative estimate of drug-likeness (QED) is 0.389. The summed E-state index contributed by atoms with van der Waals surface area (Å²) >= 11 is 0. The van der Waals surface area contributed by atoms with Gasteiger partial charge in [-0.3, -0.25) is 0 Å². The maximum atomic E-state index is 0. The van der Waals surface area contributed by atoms with E-state index in [2.05, 4.69) is 0 Å². The van der Waals surface area contributed by atoms with Crippen molar-refractivity contribution in [3.8, 4) is 0 Å². The Bertz CT molecular complexity index is 11.7. The Morgan fingerprint density at radius 3 is 0.667 bits per heavy atom. The van der Waals surface area contributed by atoms with Crippen molar-refractivity contribution in [1.29, 1.82) is 0 Å². The zero-order valence-corrected chi connectivity index (χ0v) is 10.5. The van der Waals surface area contributed by atoms with Gasteiger partial charge in [0.25, 0.3) is 0 Å². The molecule has 0 nitrogen and oxygen atoms in total. The summed E-state index contributed by atoms with van der Waals surface area (Å²) in [6, 6.07) is 0. The summed E-state index contributed by atoms with van der Waals surface area (Å²) in [5, 5.41) is 0. The molecule has 0 N–H and O–H groups in total. The second kappa shape index (κ2) is 39.3. The van der Waals surface area contributed by atoms with E-state index in [0.29, 0.717) is 0 Å². The van der Waals surface area contributed by atoms with E-state index < -0.39 is 0 Å². The monoisotopic (exact) mass is 287 g/mol. The van der Waals surface area contributed by atoms with E-state index in [9.17, 15) is 0 Å². The van der Waals surface area contributed by atoms with Crippen molar-refractivity contribution in [3.63, 3.8) is 0 Å². The van der Waals surface area contributed by atoms with Crippen LogP contribution in [0, 0.1) is 0 Å². The van der Waals surface area contributed by atoms with E-state index in [1.165, 1.54) is 0 Å². The fourth-order valence-electron chi connectivity index (χ4n) is 0. The van der Waals surface area contributed by atoms with Crippen molar-refractivity contribution < 1.29 is 71.5 Å². The first-order valence-corrected chi connectivity index (χ1v) is 0. The molecule has 6 heteroatoms. The van der Waals surface area contributed by atoms with Crippen LogP contribution in [0.4, 0.5) is 0 Å². The van der Waals surface area contributed by atoms with E-state index in [1.54, 1.807) is 0 Å². The van der Waals surface area contributed by atoms with Gasteiger partial charge >= 0.3 is 0 Å². The summed E-state index contributed by atoms with van der Waals surface area (Å²) in [5.41, 5.74) is 0. The Morgan fingerprint density at radius 1 is 0.667 bits per heavy atom. The third-order valence-corrected chi connectivity index (χ3v) is 0. The van der Waals surface area contributed by atoms with Gasteiger partial charge in [0.05, 0.1) is 0 Å². The van der Waals surface area contributed by atoms with E-state index in [4.69, 9.17) is 0 Å². The van der Waals surface area contributed by atoms with Gasteiger partial charge in [0, 0.05) is 73.2 Å². The van der Waals surface area contributed by atoms with Gasteiger partial charge in [0.15, 0.2) is 0 Å². The Morgan fingerprint density at radius 2 is 0.667 bits per heavy atom. The van der Waals surface area contributed by atoms with Gasteiger partial charge in [-0.1, -0.05) is 0 Å². The van der Waals surface area contributed by atoms with E-state index in [1.807, 2.05) is 0 Å². The van der Waals surface area contributed by atoms with Crippen molar-refractivity contribution in [2.24, 2.45) is 0 Å². The summed E-state index contributed by atoms with van der Waals surface area (Å²) in [7, 11) is 0. The molecule has 1 radical (unpaired) electrons. The molecule has 0 unspecified atom stereocenters. The number of halogens is 4. The van der Waals surface area contributed by atoms with Gasteiger partial charge < -0.3 is 49.6 Å². The smallest absolute Gasteiger partial charge is 0 e. The minimum atomic E-state index is 0. The molecule has 0 aliphatic rings. The standard InChI is InChI=1S/4ClH.K.Pd.H2/h4*1H;;;1H/p-4.